The van der Waals surface area contributed by atoms with Crippen molar-refractivity contribution in [2.75, 3.05) is 7.05 Å². The average molecular weight is 171 g/mol. The second-order valence-electron chi connectivity index (χ2n) is 4.40. The van der Waals surface area contributed by atoms with Crippen LogP contribution in [0.25, 0.3) is 0 Å². The van der Waals surface area contributed by atoms with Crippen molar-refractivity contribution in [2.45, 2.75) is 47.1 Å². The fourth-order valence-corrected chi connectivity index (χ4v) is 1.05. The highest BCUT2D eigenvalue weighted by molar-refractivity contribution is 5.75. The van der Waals surface area contributed by atoms with Crippen molar-refractivity contribution in [3.8, 4) is 0 Å². The summed E-state index contributed by atoms with van der Waals surface area (Å²) in [6.07, 6.45) is 0.594. The lowest BCUT2D eigenvalue weighted by Gasteiger charge is -2.35. The number of hydrogen-bond donors (Lipinski definition) is 0. The van der Waals surface area contributed by atoms with Crippen LogP contribution >= 0.6 is 0 Å². The Morgan fingerprint density at radius 3 is 2.08 bits per heavy atom. The molecule has 1 amide bonds. The van der Waals surface area contributed by atoms with Crippen LogP contribution in [0.4, 0.5) is 0 Å². The Morgan fingerprint density at radius 2 is 1.83 bits per heavy atom. The molecule has 0 spiro atoms. The normalized spacial score (nSPS) is 14.2. The summed E-state index contributed by atoms with van der Waals surface area (Å²) in [5.41, 5.74) is 0.166. The van der Waals surface area contributed by atoms with Crippen LogP contribution in [0.5, 0.6) is 0 Å². The molecule has 72 valence electrons. The van der Waals surface area contributed by atoms with Crippen molar-refractivity contribution in [3.05, 3.63) is 0 Å². The highest BCUT2D eigenvalue weighted by Gasteiger charge is 2.25. The minimum atomic E-state index is 0.166. The molecular weight excluding hydrogens is 150 g/mol. The van der Waals surface area contributed by atoms with Gasteiger partial charge in [0.1, 0.15) is 0 Å². The lowest BCUT2D eigenvalue weighted by molar-refractivity contribution is -0.133. The van der Waals surface area contributed by atoms with Gasteiger partial charge in [0.15, 0.2) is 0 Å². The standard InChI is InChI=1S/C10H21NO/c1-7-9(12)11(6)8(2)10(3,4)5/h8H,7H2,1-6H3. The van der Waals surface area contributed by atoms with Gasteiger partial charge in [-0.1, -0.05) is 27.7 Å². The minimum Gasteiger partial charge on any atom is -0.343 e. The average Bonchev–Trinajstić information content (AvgIpc) is 1.98. The maximum atomic E-state index is 11.3. The van der Waals surface area contributed by atoms with Gasteiger partial charge in [-0.05, 0) is 12.3 Å². The van der Waals surface area contributed by atoms with Gasteiger partial charge in [-0.3, -0.25) is 4.79 Å². The van der Waals surface area contributed by atoms with Crippen molar-refractivity contribution in [3.63, 3.8) is 0 Å². The molecule has 0 radical (unpaired) electrons. The molecule has 0 rings (SSSR count). The molecule has 0 aliphatic rings. The summed E-state index contributed by atoms with van der Waals surface area (Å²) < 4.78 is 0. The first kappa shape index (κ1) is 11.5. The summed E-state index contributed by atoms with van der Waals surface area (Å²) in [5, 5.41) is 0. The van der Waals surface area contributed by atoms with Gasteiger partial charge in [0, 0.05) is 19.5 Å². The molecule has 0 fully saturated rings. The molecule has 0 N–H and O–H groups in total. The number of carbonyl (C=O) groups excluding carboxylic acids is 1. The topological polar surface area (TPSA) is 20.3 Å². The van der Waals surface area contributed by atoms with E-state index in [0.29, 0.717) is 12.5 Å². The van der Waals surface area contributed by atoms with Crippen molar-refractivity contribution in [2.24, 2.45) is 5.41 Å². The molecule has 0 heterocycles. The van der Waals surface area contributed by atoms with E-state index in [1.807, 2.05) is 18.9 Å². The molecule has 0 saturated carbocycles. The van der Waals surface area contributed by atoms with Crippen LogP contribution in [-0.4, -0.2) is 23.9 Å². The molecule has 0 aromatic heterocycles. The fourth-order valence-electron chi connectivity index (χ4n) is 1.05. The Bertz CT molecular complexity index is 158. The Labute approximate surface area is 75.9 Å². The lowest BCUT2D eigenvalue weighted by Crippen LogP contribution is -2.42. The molecule has 12 heavy (non-hydrogen) atoms. The van der Waals surface area contributed by atoms with E-state index in [4.69, 9.17) is 0 Å². The zero-order valence-electron chi connectivity index (χ0n) is 9.14. The van der Waals surface area contributed by atoms with E-state index >= 15 is 0 Å². The second kappa shape index (κ2) is 3.92. The number of hydrogen-bond acceptors (Lipinski definition) is 1. The van der Waals surface area contributed by atoms with Crippen LogP contribution in [0.15, 0.2) is 0 Å². The molecule has 1 atom stereocenters. The van der Waals surface area contributed by atoms with E-state index in [-0.39, 0.29) is 11.3 Å². The zero-order chi connectivity index (χ0) is 9.94. The van der Waals surface area contributed by atoms with Gasteiger partial charge in [0.2, 0.25) is 5.91 Å². The van der Waals surface area contributed by atoms with Gasteiger partial charge < -0.3 is 4.90 Å². The van der Waals surface area contributed by atoms with Crippen LogP contribution in [0, 0.1) is 5.41 Å². The van der Waals surface area contributed by atoms with Gasteiger partial charge >= 0.3 is 0 Å². The van der Waals surface area contributed by atoms with E-state index in [0.717, 1.165) is 0 Å². The Kier molecular flexibility index (Phi) is 3.75. The van der Waals surface area contributed by atoms with E-state index in [2.05, 4.69) is 27.7 Å². The molecule has 2 heteroatoms. The summed E-state index contributed by atoms with van der Waals surface area (Å²) in [6.45, 7) is 10.4. The first-order valence-corrected chi connectivity index (χ1v) is 4.56. The first-order valence-electron chi connectivity index (χ1n) is 4.56. The number of carbonyl (C=O) groups is 1. The molecule has 0 aromatic carbocycles. The van der Waals surface area contributed by atoms with E-state index in [9.17, 15) is 4.79 Å². The molecule has 0 aliphatic heterocycles. The predicted octanol–water partition coefficient (Wildman–Crippen LogP) is 2.29. The predicted molar refractivity (Wildman–Crippen MR) is 52.0 cm³/mol. The number of rotatable bonds is 2. The monoisotopic (exact) mass is 171 g/mol. The van der Waals surface area contributed by atoms with E-state index in [1.165, 1.54) is 0 Å². The van der Waals surface area contributed by atoms with Crippen molar-refractivity contribution < 1.29 is 4.79 Å². The summed E-state index contributed by atoms with van der Waals surface area (Å²) >= 11 is 0. The van der Waals surface area contributed by atoms with Crippen LogP contribution in [0.1, 0.15) is 41.0 Å². The third-order valence-corrected chi connectivity index (χ3v) is 2.53. The smallest absolute Gasteiger partial charge is 0.222 e. The minimum absolute atomic E-state index is 0.166. The molecule has 0 saturated heterocycles. The number of amides is 1. The first-order chi connectivity index (χ1) is 5.30. The Hall–Kier alpha value is -0.530. The third-order valence-electron chi connectivity index (χ3n) is 2.53. The summed E-state index contributed by atoms with van der Waals surface area (Å²) in [5.74, 6) is 0.220. The van der Waals surface area contributed by atoms with Crippen LogP contribution in [-0.2, 0) is 4.79 Å². The van der Waals surface area contributed by atoms with Gasteiger partial charge in [-0.15, -0.1) is 0 Å². The maximum absolute atomic E-state index is 11.3. The quantitative estimate of drug-likeness (QED) is 0.624. The largest absolute Gasteiger partial charge is 0.343 e. The van der Waals surface area contributed by atoms with Crippen LogP contribution in [0.2, 0.25) is 0 Å². The third kappa shape index (κ3) is 2.84. The summed E-state index contributed by atoms with van der Waals surface area (Å²) in [7, 11) is 1.88. The molecule has 0 bridgehead atoms. The van der Waals surface area contributed by atoms with Gasteiger partial charge in [0.05, 0.1) is 0 Å². The lowest BCUT2D eigenvalue weighted by atomic mass is 9.87. The highest BCUT2D eigenvalue weighted by Crippen LogP contribution is 2.23. The SMILES string of the molecule is CCC(=O)N(C)C(C)C(C)(C)C. The van der Waals surface area contributed by atoms with Gasteiger partial charge in [0.25, 0.3) is 0 Å². The molecule has 2 nitrogen and oxygen atoms in total. The Balaban J connectivity index is 4.29. The fraction of sp³-hybridized carbons (Fsp3) is 0.900. The van der Waals surface area contributed by atoms with Gasteiger partial charge in [-0.2, -0.15) is 0 Å². The van der Waals surface area contributed by atoms with E-state index in [1.54, 1.807) is 0 Å². The number of nitrogens with zero attached hydrogens (tertiary/aromatic N) is 1. The van der Waals surface area contributed by atoms with Crippen LogP contribution in [0.3, 0.4) is 0 Å². The summed E-state index contributed by atoms with van der Waals surface area (Å²) in [4.78, 5) is 13.2. The maximum Gasteiger partial charge on any atom is 0.222 e. The van der Waals surface area contributed by atoms with Gasteiger partial charge in [-0.25, -0.2) is 0 Å². The van der Waals surface area contributed by atoms with E-state index < -0.39 is 0 Å². The molecule has 1 unspecified atom stereocenters. The van der Waals surface area contributed by atoms with Crippen LogP contribution < -0.4 is 0 Å². The second-order valence-corrected chi connectivity index (χ2v) is 4.40. The summed E-state index contributed by atoms with van der Waals surface area (Å²) in [6, 6.07) is 0.296. The Morgan fingerprint density at radius 1 is 1.42 bits per heavy atom. The molecule has 0 aromatic rings. The molecular formula is C10H21NO. The molecule has 0 aliphatic carbocycles. The van der Waals surface area contributed by atoms with Crippen molar-refractivity contribution >= 4 is 5.91 Å². The van der Waals surface area contributed by atoms with Crippen molar-refractivity contribution in [1.82, 2.24) is 4.90 Å². The van der Waals surface area contributed by atoms with Crippen molar-refractivity contribution in [1.29, 1.82) is 0 Å². The highest BCUT2D eigenvalue weighted by atomic mass is 16.2. The zero-order valence-corrected chi connectivity index (χ0v) is 9.14.